The topological polar surface area (TPSA) is 41.1 Å². The Morgan fingerprint density at radius 1 is 1.10 bits per heavy atom. The molecule has 21 heavy (non-hydrogen) atoms. The number of hydrogen-bond donors (Lipinski definition) is 2. The minimum absolute atomic E-state index is 0.0992. The first-order valence-corrected chi connectivity index (χ1v) is 7.35. The van der Waals surface area contributed by atoms with Gasteiger partial charge in [0.2, 0.25) is 0 Å². The van der Waals surface area contributed by atoms with Gasteiger partial charge < -0.3 is 10.6 Å². The zero-order valence-corrected chi connectivity index (χ0v) is 12.2. The Balaban J connectivity index is 1.58. The Labute approximate surface area is 125 Å². The molecule has 3 rings (SSSR count). The highest BCUT2D eigenvalue weighted by Crippen LogP contribution is 2.45. The molecule has 0 heterocycles. The van der Waals surface area contributed by atoms with Crippen LogP contribution in [-0.4, -0.2) is 6.03 Å². The van der Waals surface area contributed by atoms with Crippen LogP contribution >= 0.6 is 0 Å². The molecule has 1 saturated carbocycles. The molecule has 0 aromatic heterocycles. The average molecular weight is 280 g/mol. The average Bonchev–Trinajstić information content (AvgIpc) is 3.27. The number of hydrogen-bond acceptors (Lipinski definition) is 1. The maximum atomic E-state index is 12.1. The van der Waals surface area contributed by atoms with Gasteiger partial charge in [-0.1, -0.05) is 60.2 Å². The van der Waals surface area contributed by atoms with E-state index < -0.39 is 0 Å². The van der Waals surface area contributed by atoms with E-state index in [4.69, 9.17) is 0 Å². The lowest BCUT2D eigenvalue weighted by atomic mass is 10.1. The van der Waals surface area contributed by atoms with Gasteiger partial charge in [-0.25, -0.2) is 4.79 Å². The van der Waals surface area contributed by atoms with E-state index >= 15 is 0 Å². The van der Waals surface area contributed by atoms with Crippen molar-refractivity contribution in [2.45, 2.75) is 31.8 Å². The molecule has 1 aliphatic carbocycles. The molecule has 0 bridgehead atoms. The Hall–Kier alpha value is -2.29. The first kappa shape index (κ1) is 13.7. The maximum Gasteiger partial charge on any atom is 0.315 e. The first-order valence-electron chi connectivity index (χ1n) is 7.35. The molecule has 2 N–H and O–H groups in total. The zero-order valence-electron chi connectivity index (χ0n) is 12.2. The van der Waals surface area contributed by atoms with E-state index in [9.17, 15) is 4.79 Å². The van der Waals surface area contributed by atoms with E-state index in [1.54, 1.807) is 0 Å². The Kier molecular flexibility index (Phi) is 3.65. The second kappa shape index (κ2) is 5.60. The van der Waals surface area contributed by atoms with Crippen molar-refractivity contribution in [2.75, 3.05) is 0 Å². The number of aryl methyl sites for hydroxylation is 1. The third-order valence-electron chi connectivity index (χ3n) is 3.96. The molecule has 0 unspecified atom stereocenters. The van der Waals surface area contributed by atoms with Crippen LogP contribution in [0, 0.1) is 6.92 Å². The van der Waals surface area contributed by atoms with Crippen molar-refractivity contribution in [3.8, 4) is 0 Å². The van der Waals surface area contributed by atoms with Gasteiger partial charge in [-0.2, -0.15) is 0 Å². The summed E-state index contributed by atoms with van der Waals surface area (Å²) in [7, 11) is 0. The number of carbonyl (C=O) groups excluding carboxylic acids is 1. The van der Waals surface area contributed by atoms with Gasteiger partial charge in [-0.05, 0) is 30.9 Å². The lowest BCUT2D eigenvalue weighted by molar-refractivity contribution is 0.235. The SMILES string of the molecule is Cc1cccc(CNC(=O)NC2(c3ccccc3)CC2)c1. The van der Waals surface area contributed by atoms with E-state index in [2.05, 4.69) is 41.8 Å². The van der Waals surface area contributed by atoms with Crippen molar-refractivity contribution in [1.82, 2.24) is 10.6 Å². The van der Waals surface area contributed by atoms with Crippen LogP contribution in [-0.2, 0) is 12.1 Å². The number of nitrogens with one attached hydrogen (secondary N) is 2. The quantitative estimate of drug-likeness (QED) is 0.884. The van der Waals surface area contributed by atoms with Crippen LogP contribution in [0.3, 0.4) is 0 Å². The third kappa shape index (κ3) is 3.24. The lowest BCUT2D eigenvalue weighted by Gasteiger charge is -2.18. The van der Waals surface area contributed by atoms with Crippen molar-refractivity contribution in [3.05, 3.63) is 71.3 Å². The van der Waals surface area contributed by atoms with Crippen LogP contribution in [0.4, 0.5) is 4.79 Å². The summed E-state index contributed by atoms with van der Waals surface area (Å²) < 4.78 is 0. The fourth-order valence-corrected chi connectivity index (χ4v) is 2.63. The van der Waals surface area contributed by atoms with E-state index in [1.165, 1.54) is 11.1 Å². The molecular weight excluding hydrogens is 260 g/mol. The lowest BCUT2D eigenvalue weighted by Crippen LogP contribution is -2.41. The summed E-state index contributed by atoms with van der Waals surface area (Å²) in [6.07, 6.45) is 2.02. The van der Waals surface area contributed by atoms with Gasteiger partial charge in [0.25, 0.3) is 0 Å². The van der Waals surface area contributed by atoms with E-state index in [-0.39, 0.29) is 11.6 Å². The summed E-state index contributed by atoms with van der Waals surface area (Å²) in [5.74, 6) is 0. The molecule has 2 aromatic carbocycles. The van der Waals surface area contributed by atoms with Crippen LogP contribution in [0.5, 0.6) is 0 Å². The number of rotatable bonds is 4. The molecule has 0 radical (unpaired) electrons. The molecule has 108 valence electrons. The van der Waals surface area contributed by atoms with Crippen molar-refractivity contribution in [2.24, 2.45) is 0 Å². The minimum Gasteiger partial charge on any atom is -0.334 e. The largest absolute Gasteiger partial charge is 0.334 e. The number of benzene rings is 2. The summed E-state index contributed by atoms with van der Waals surface area (Å²) in [6.45, 7) is 2.61. The van der Waals surface area contributed by atoms with Crippen LogP contribution in [0.15, 0.2) is 54.6 Å². The molecule has 0 atom stereocenters. The summed E-state index contributed by atoms with van der Waals surface area (Å²) >= 11 is 0. The van der Waals surface area contributed by atoms with E-state index in [0.29, 0.717) is 6.54 Å². The summed E-state index contributed by atoms with van der Waals surface area (Å²) in [5.41, 5.74) is 3.36. The highest BCUT2D eigenvalue weighted by atomic mass is 16.2. The number of urea groups is 1. The highest BCUT2D eigenvalue weighted by Gasteiger charge is 2.45. The van der Waals surface area contributed by atoms with Crippen molar-refractivity contribution in [1.29, 1.82) is 0 Å². The fraction of sp³-hybridized carbons (Fsp3) is 0.278. The van der Waals surface area contributed by atoms with Crippen LogP contribution < -0.4 is 10.6 Å². The predicted molar refractivity (Wildman–Crippen MR) is 83.9 cm³/mol. The minimum atomic E-state index is -0.155. The van der Waals surface area contributed by atoms with Crippen LogP contribution in [0.1, 0.15) is 29.5 Å². The molecule has 0 saturated heterocycles. The highest BCUT2D eigenvalue weighted by molar-refractivity contribution is 5.75. The molecule has 1 aliphatic rings. The Morgan fingerprint density at radius 2 is 1.86 bits per heavy atom. The van der Waals surface area contributed by atoms with Gasteiger partial charge in [0, 0.05) is 6.54 Å². The third-order valence-corrected chi connectivity index (χ3v) is 3.96. The smallest absolute Gasteiger partial charge is 0.315 e. The maximum absolute atomic E-state index is 12.1. The monoisotopic (exact) mass is 280 g/mol. The molecule has 1 fully saturated rings. The molecule has 0 spiro atoms. The zero-order chi connectivity index (χ0) is 14.7. The van der Waals surface area contributed by atoms with E-state index in [0.717, 1.165) is 18.4 Å². The van der Waals surface area contributed by atoms with Crippen molar-refractivity contribution >= 4 is 6.03 Å². The first-order chi connectivity index (χ1) is 10.2. The van der Waals surface area contributed by atoms with Crippen LogP contribution in [0.25, 0.3) is 0 Å². The molecular formula is C18H20N2O. The second-order valence-corrected chi connectivity index (χ2v) is 5.74. The molecule has 0 aliphatic heterocycles. The normalized spacial score (nSPS) is 15.3. The van der Waals surface area contributed by atoms with Gasteiger partial charge in [0.05, 0.1) is 5.54 Å². The number of amides is 2. The van der Waals surface area contributed by atoms with Crippen LogP contribution in [0.2, 0.25) is 0 Å². The second-order valence-electron chi connectivity index (χ2n) is 5.74. The van der Waals surface area contributed by atoms with Gasteiger partial charge in [-0.3, -0.25) is 0 Å². The van der Waals surface area contributed by atoms with Gasteiger partial charge in [0.15, 0.2) is 0 Å². The van der Waals surface area contributed by atoms with Gasteiger partial charge >= 0.3 is 6.03 Å². The van der Waals surface area contributed by atoms with E-state index in [1.807, 2.05) is 30.3 Å². The fourth-order valence-electron chi connectivity index (χ4n) is 2.63. The number of carbonyl (C=O) groups is 1. The summed E-state index contributed by atoms with van der Waals surface area (Å²) in [4.78, 5) is 12.1. The van der Waals surface area contributed by atoms with Crippen molar-refractivity contribution < 1.29 is 4.79 Å². The molecule has 2 amide bonds. The molecule has 3 nitrogen and oxygen atoms in total. The van der Waals surface area contributed by atoms with Gasteiger partial charge in [-0.15, -0.1) is 0 Å². The standard InChI is InChI=1S/C18H20N2O/c1-14-6-5-7-15(12-14)13-19-17(21)20-18(10-11-18)16-8-3-2-4-9-16/h2-9,12H,10-11,13H2,1H3,(H2,19,20,21). The van der Waals surface area contributed by atoms with Gasteiger partial charge in [0.1, 0.15) is 0 Å². The van der Waals surface area contributed by atoms with Crippen molar-refractivity contribution in [3.63, 3.8) is 0 Å². The predicted octanol–water partition coefficient (Wildman–Crippen LogP) is 3.48. The Morgan fingerprint density at radius 3 is 2.52 bits per heavy atom. The molecule has 2 aromatic rings. The molecule has 3 heteroatoms. The summed E-state index contributed by atoms with van der Waals surface area (Å²) in [6, 6.07) is 18.3. The Bertz CT molecular complexity index is 633. The summed E-state index contributed by atoms with van der Waals surface area (Å²) in [5, 5.41) is 6.06.